The molecule has 24 heavy (non-hydrogen) atoms. The van der Waals surface area contributed by atoms with Crippen LogP contribution in [0.1, 0.15) is 0 Å². The molecule has 1 amide bonds. The van der Waals surface area contributed by atoms with Crippen molar-refractivity contribution in [2.24, 2.45) is 4.99 Å². The lowest BCUT2D eigenvalue weighted by Gasteiger charge is -2.16. The second kappa shape index (κ2) is 6.66. The Bertz CT molecular complexity index is 835. The quantitative estimate of drug-likeness (QED) is 0.651. The molecule has 0 radical (unpaired) electrons. The van der Waals surface area contributed by atoms with Gasteiger partial charge in [0.05, 0.1) is 18.3 Å². The highest BCUT2D eigenvalue weighted by Crippen LogP contribution is 2.20. The minimum atomic E-state index is -0.735. The Hall–Kier alpha value is -2.95. The number of hydrogen-bond acceptors (Lipinski definition) is 8. The molecule has 0 spiro atoms. The Kier molecular flexibility index (Phi) is 4.42. The van der Waals surface area contributed by atoms with E-state index < -0.39 is 17.6 Å². The monoisotopic (exact) mass is 349 g/mol. The maximum absolute atomic E-state index is 14.1. The molecule has 0 aliphatic carbocycles. The summed E-state index contributed by atoms with van der Waals surface area (Å²) in [5, 5.41) is 25.3. The van der Waals surface area contributed by atoms with E-state index in [9.17, 15) is 14.3 Å². The van der Waals surface area contributed by atoms with E-state index in [0.29, 0.717) is 16.4 Å². The minimum absolute atomic E-state index is 0.00502. The van der Waals surface area contributed by atoms with Crippen LogP contribution in [0.15, 0.2) is 34.9 Å². The molecule has 0 unspecified atom stereocenters. The van der Waals surface area contributed by atoms with Gasteiger partial charge in [0, 0.05) is 11.8 Å². The number of aliphatic imine (C=N–C) groups is 1. The highest BCUT2D eigenvalue weighted by molar-refractivity contribution is 8.13. The number of anilines is 1. The summed E-state index contributed by atoms with van der Waals surface area (Å²) in [5.41, 5.74) is 0.833. The van der Waals surface area contributed by atoms with E-state index in [2.05, 4.69) is 36.0 Å². The molecule has 0 bridgehead atoms. The zero-order valence-electron chi connectivity index (χ0n) is 12.4. The van der Waals surface area contributed by atoms with Crippen LogP contribution in [0.5, 0.6) is 0 Å². The fraction of sp³-hybridized carbons (Fsp3) is 0.154. The zero-order chi connectivity index (χ0) is 17.1. The molecule has 11 heteroatoms. The van der Waals surface area contributed by atoms with Gasteiger partial charge in [-0.05, 0) is 12.3 Å². The fourth-order valence-electron chi connectivity index (χ4n) is 1.94. The highest BCUT2D eigenvalue weighted by Gasteiger charge is 2.22. The number of carbonyl (C=O) groups is 1. The number of amides is 1. The second-order valence-electron chi connectivity index (χ2n) is 4.64. The molecule has 0 saturated carbocycles. The van der Waals surface area contributed by atoms with Gasteiger partial charge in [0.2, 0.25) is 5.88 Å². The maximum Gasteiger partial charge on any atom is 0.260 e. The molecule has 0 saturated heterocycles. The molecule has 1 aliphatic heterocycles. The van der Waals surface area contributed by atoms with Gasteiger partial charge in [0.25, 0.3) is 5.91 Å². The van der Waals surface area contributed by atoms with Crippen molar-refractivity contribution in [3.8, 4) is 11.3 Å². The topological polar surface area (TPSA) is 128 Å². The second-order valence-corrected chi connectivity index (χ2v) is 5.44. The van der Waals surface area contributed by atoms with Crippen molar-refractivity contribution in [3.05, 3.63) is 35.7 Å². The lowest BCUT2D eigenvalue weighted by molar-refractivity contribution is -0.113. The van der Waals surface area contributed by atoms with E-state index in [4.69, 9.17) is 0 Å². The third kappa shape index (κ3) is 3.20. The standard InChI is InChI=1S/C13H12FN7O2S/c1-24-13-16-4-7(12(23)19-13)11(22)18-10-8(14)2-6(3-15-10)9-5-17-21-20-9/h2-3,5,23H,4H2,1H3,(H,16,19)(H,15,18,22)(H,17,20,21). The van der Waals surface area contributed by atoms with Crippen LogP contribution in [0, 0.1) is 5.82 Å². The number of thioether (sulfide) groups is 1. The molecule has 2 aromatic rings. The summed E-state index contributed by atoms with van der Waals surface area (Å²) < 4.78 is 14.1. The first kappa shape index (κ1) is 15.9. The van der Waals surface area contributed by atoms with E-state index in [1.54, 1.807) is 6.26 Å². The van der Waals surface area contributed by atoms with E-state index in [1.165, 1.54) is 30.2 Å². The molecule has 3 rings (SSSR count). The molecular formula is C13H12FN7O2S. The molecule has 124 valence electrons. The van der Waals surface area contributed by atoms with Gasteiger partial charge in [-0.3, -0.25) is 9.89 Å². The molecule has 0 atom stereocenters. The van der Waals surface area contributed by atoms with Crippen LogP contribution < -0.4 is 10.6 Å². The fourth-order valence-corrected chi connectivity index (χ4v) is 2.34. The Labute approximate surface area is 139 Å². The Morgan fingerprint density at radius 1 is 1.50 bits per heavy atom. The van der Waals surface area contributed by atoms with Gasteiger partial charge in [-0.1, -0.05) is 17.0 Å². The summed E-state index contributed by atoms with van der Waals surface area (Å²) in [6.45, 7) is 0.0793. The van der Waals surface area contributed by atoms with Gasteiger partial charge < -0.3 is 15.7 Å². The smallest absolute Gasteiger partial charge is 0.260 e. The Balaban J connectivity index is 1.79. The van der Waals surface area contributed by atoms with Crippen molar-refractivity contribution in [2.75, 3.05) is 18.1 Å². The van der Waals surface area contributed by atoms with Crippen molar-refractivity contribution >= 4 is 28.7 Å². The molecule has 9 nitrogen and oxygen atoms in total. The van der Waals surface area contributed by atoms with Gasteiger partial charge in [-0.25, -0.2) is 9.37 Å². The summed E-state index contributed by atoms with van der Waals surface area (Å²) in [6, 6.07) is 1.18. The molecule has 0 fully saturated rings. The van der Waals surface area contributed by atoms with Gasteiger partial charge in [-0.15, -0.1) is 5.10 Å². The number of aromatic amines is 1. The first-order valence-corrected chi connectivity index (χ1v) is 7.93. The third-order valence-corrected chi connectivity index (χ3v) is 3.77. The van der Waals surface area contributed by atoms with E-state index >= 15 is 0 Å². The van der Waals surface area contributed by atoms with Gasteiger partial charge in [0.1, 0.15) is 5.69 Å². The molecule has 4 N–H and O–H groups in total. The van der Waals surface area contributed by atoms with Crippen molar-refractivity contribution < 1.29 is 14.3 Å². The highest BCUT2D eigenvalue weighted by atomic mass is 32.2. The van der Waals surface area contributed by atoms with Crippen LogP contribution >= 0.6 is 11.8 Å². The normalized spacial score (nSPS) is 14.2. The van der Waals surface area contributed by atoms with Crippen molar-refractivity contribution in [2.45, 2.75) is 0 Å². The number of rotatable bonds is 3. The van der Waals surface area contributed by atoms with E-state index in [1.807, 2.05) is 0 Å². The lowest BCUT2D eigenvalue weighted by atomic mass is 10.2. The molecule has 1 aliphatic rings. The van der Waals surface area contributed by atoms with Gasteiger partial charge in [-0.2, -0.15) is 4.99 Å². The number of carbonyl (C=O) groups excluding carboxylic acids is 1. The number of halogens is 1. The summed E-state index contributed by atoms with van der Waals surface area (Å²) in [4.78, 5) is 19.9. The maximum atomic E-state index is 14.1. The van der Waals surface area contributed by atoms with E-state index in [-0.39, 0.29) is 17.9 Å². The van der Waals surface area contributed by atoms with Crippen LogP contribution in [-0.2, 0) is 4.79 Å². The van der Waals surface area contributed by atoms with Crippen LogP contribution in [0.25, 0.3) is 11.3 Å². The number of nitrogens with zero attached hydrogens (tertiary/aromatic N) is 4. The first-order valence-electron chi connectivity index (χ1n) is 6.71. The number of aliphatic hydroxyl groups is 1. The average Bonchev–Trinajstić information content (AvgIpc) is 3.11. The number of hydrogen-bond donors (Lipinski definition) is 4. The first-order chi connectivity index (χ1) is 11.6. The molecular weight excluding hydrogens is 337 g/mol. The number of amidine groups is 1. The Morgan fingerprint density at radius 3 is 2.96 bits per heavy atom. The van der Waals surface area contributed by atoms with Gasteiger partial charge in [0.15, 0.2) is 16.8 Å². The molecule has 3 heterocycles. The summed E-state index contributed by atoms with van der Waals surface area (Å²) in [6.07, 6.45) is 4.63. The molecule has 2 aromatic heterocycles. The van der Waals surface area contributed by atoms with Gasteiger partial charge >= 0.3 is 0 Å². The SMILES string of the molecule is CSC1=NC(O)=C(C(=O)Nc2ncc(-c3c[nH]nn3)cc2F)CN1. The van der Waals surface area contributed by atoms with Crippen LogP contribution in [-0.4, -0.2) is 49.4 Å². The minimum Gasteiger partial charge on any atom is -0.493 e. The van der Waals surface area contributed by atoms with Crippen molar-refractivity contribution in [1.29, 1.82) is 0 Å². The summed E-state index contributed by atoms with van der Waals surface area (Å²) in [7, 11) is 0. The number of aromatic nitrogens is 4. The average molecular weight is 349 g/mol. The summed E-state index contributed by atoms with van der Waals surface area (Å²) in [5.74, 6) is -2.09. The zero-order valence-corrected chi connectivity index (χ0v) is 13.2. The molecule has 0 aromatic carbocycles. The van der Waals surface area contributed by atoms with Crippen molar-refractivity contribution in [1.82, 2.24) is 25.7 Å². The third-order valence-electron chi connectivity index (χ3n) is 3.15. The summed E-state index contributed by atoms with van der Waals surface area (Å²) >= 11 is 1.30. The van der Waals surface area contributed by atoms with E-state index in [0.717, 1.165) is 0 Å². The Morgan fingerprint density at radius 2 is 2.33 bits per heavy atom. The van der Waals surface area contributed by atoms with Crippen LogP contribution in [0.2, 0.25) is 0 Å². The largest absolute Gasteiger partial charge is 0.493 e. The number of pyridine rings is 1. The van der Waals surface area contributed by atoms with Crippen LogP contribution in [0.4, 0.5) is 10.2 Å². The predicted octanol–water partition coefficient (Wildman–Crippen LogP) is 1.04. The number of aliphatic hydroxyl groups excluding tert-OH is 1. The predicted molar refractivity (Wildman–Crippen MR) is 86.8 cm³/mol. The lowest BCUT2D eigenvalue weighted by Crippen LogP contribution is -2.32. The van der Waals surface area contributed by atoms with Crippen molar-refractivity contribution in [3.63, 3.8) is 0 Å². The van der Waals surface area contributed by atoms with Crippen LogP contribution in [0.3, 0.4) is 0 Å². The number of H-pyrrole nitrogens is 1. The number of nitrogens with one attached hydrogen (secondary N) is 3.